The minimum absolute atomic E-state index is 0.0426. The second-order valence-corrected chi connectivity index (χ2v) is 8.13. The Bertz CT molecular complexity index is 768. The summed E-state index contributed by atoms with van der Waals surface area (Å²) in [5, 5.41) is 8.48. The van der Waals surface area contributed by atoms with Crippen molar-refractivity contribution in [2.24, 2.45) is 5.92 Å². The molecular weight excluding hydrogens is 384 g/mol. The predicted octanol–water partition coefficient (Wildman–Crippen LogP) is 3.35. The van der Waals surface area contributed by atoms with E-state index in [2.05, 4.69) is 16.0 Å². The van der Waals surface area contributed by atoms with Gasteiger partial charge in [0.1, 0.15) is 5.75 Å². The maximum absolute atomic E-state index is 12.7. The molecule has 3 rings (SSSR count). The highest BCUT2D eigenvalue weighted by molar-refractivity contribution is 5.93. The molecular formula is C22H32N4O4. The molecule has 8 heteroatoms. The third-order valence-corrected chi connectivity index (χ3v) is 5.87. The predicted molar refractivity (Wildman–Crippen MR) is 116 cm³/mol. The van der Waals surface area contributed by atoms with Crippen LogP contribution in [0.25, 0.3) is 0 Å². The quantitative estimate of drug-likeness (QED) is 0.685. The zero-order valence-electron chi connectivity index (χ0n) is 17.8. The number of hydrogen-bond donors (Lipinski definition) is 3. The van der Waals surface area contributed by atoms with Crippen LogP contribution in [-0.2, 0) is 9.59 Å². The number of likely N-dealkylation sites (tertiary alicyclic amines) is 1. The number of methoxy groups -OCH3 is 1. The Morgan fingerprint density at radius 3 is 2.33 bits per heavy atom. The fourth-order valence-electron chi connectivity index (χ4n) is 4.27. The third kappa shape index (κ3) is 5.87. The summed E-state index contributed by atoms with van der Waals surface area (Å²) in [6.45, 7) is 2.81. The molecule has 1 saturated carbocycles. The summed E-state index contributed by atoms with van der Waals surface area (Å²) in [4.78, 5) is 38.3. The molecule has 2 aliphatic rings. The van der Waals surface area contributed by atoms with Crippen molar-refractivity contribution in [1.82, 2.24) is 10.2 Å². The van der Waals surface area contributed by atoms with Crippen LogP contribution in [0.3, 0.4) is 0 Å². The van der Waals surface area contributed by atoms with Gasteiger partial charge in [0.2, 0.25) is 11.8 Å². The Labute approximate surface area is 177 Å². The van der Waals surface area contributed by atoms with Crippen LogP contribution >= 0.6 is 0 Å². The van der Waals surface area contributed by atoms with Crippen molar-refractivity contribution in [2.45, 2.75) is 57.9 Å². The van der Waals surface area contributed by atoms with E-state index in [1.54, 1.807) is 18.2 Å². The summed E-state index contributed by atoms with van der Waals surface area (Å²) in [5.74, 6) is 0.767. The summed E-state index contributed by atoms with van der Waals surface area (Å²) in [6, 6.07) is 4.81. The third-order valence-electron chi connectivity index (χ3n) is 5.87. The molecule has 1 saturated heterocycles. The minimum atomic E-state index is -0.290. The molecule has 30 heavy (non-hydrogen) atoms. The molecule has 0 unspecified atom stereocenters. The first-order chi connectivity index (χ1) is 14.5. The summed E-state index contributed by atoms with van der Waals surface area (Å²) in [7, 11) is 1.51. The van der Waals surface area contributed by atoms with E-state index in [9.17, 15) is 14.4 Å². The van der Waals surface area contributed by atoms with Crippen molar-refractivity contribution in [3.63, 3.8) is 0 Å². The number of nitrogens with zero attached hydrogens (tertiary/aromatic N) is 1. The second kappa shape index (κ2) is 10.3. The molecule has 8 nitrogen and oxygen atoms in total. The Morgan fingerprint density at radius 2 is 1.70 bits per heavy atom. The Balaban J connectivity index is 1.46. The minimum Gasteiger partial charge on any atom is -0.494 e. The Kier molecular flexibility index (Phi) is 7.54. The van der Waals surface area contributed by atoms with Crippen molar-refractivity contribution in [3.8, 4) is 5.75 Å². The lowest BCUT2D eigenvalue weighted by molar-refractivity contribution is -0.137. The van der Waals surface area contributed by atoms with Crippen molar-refractivity contribution in [3.05, 3.63) is 18.2 Å². The van der Waals surface area contributed by atoms with E-state index >= 15 is 0 Å². The van der Waals surface area contributed by atoms with Gasteiger partial charge in [-0.3, -0.25) is 9.59 Å². The van der Waals surface area contributed by atoms with Crippen LogP contribution in [-0.4, -0.2) is 49.0 Å². The van der Waals surface area contributed by atoms with Crippen LogP contribution in [0.4, 0.5) is 16.2 Å². The zero-order valence-corrected chi connectivity index (χ0v) is 17.8. The van der Waals surface area contributed by atoms with E-state index in [1.807, 2.05) is 4.90 Å². The standard InChI is InChI=1S/C22H32N4O4/c1-15(27)23-19-9-8-18(14-20(19)30-2)25-22(29)24-17-10-12-26(13-11-17)21(28)16-6-4-3-5-7-16/h8-9,14,16-17H,3-7,10-13H2,1-2H3,(H,23,27)(H2,24,25,29). The molecule has 3 N–H and O–H groups in total. The van der Waals surface area contributed by atoms with Gasteiger partial charge >= 0.3 is 6.03 Å². The van der Waals surface area contributed by atoms with E-state index in [4.69, 9.17) is 4.74 Å². The van der Waals surface area contributed by atoms with Gasteiger partial charge in [-0.2, -0.15) is 0 Å². The number of ether oxygens (including phenoxy) is 1. The maximum Gasteiger partial charge on any atom is 0.319 e. The molecule has 0 atom stereocenters. The molecule has 1 aliphatic carbocycles. The second-order valence-electron chi connectivity index (χ2n) is 8.13. The number of carbonyl (C=O) groups is 3. The van der Waals surface area contributed by atoms with Gasteiger partial charge in [0.25, 0.3) is 0 Å². The van der Waals surface area contributed by atoms with Gasteiger partial charge in [0, 0.05) is 43.7 Å². The summed E-state index contributed by atoms with van der Waals surface area (Å²) in [5.41, 5.74) is 1.12. The van der Waals surface area contributed by atoms with Gasteiger partial charge in [-0.1, -0.05) is 19.3 Å². The average Bonchev–Trinajstić information content (AvgIpc) is 2.75. The van der Waals surface area contributed by atoms with E-state index in [1.165, 1.54) is 20.5 Å². The number of urea groups is 1. The first kappa shape index (κ1) is 21.9. The lowest BCUT2D eigenvalue weighted by Crippen LogP contribution is -2.49. The zero-order chi connectivity index (χ0) is 21.5. The maximum atomic E-state index is 12.7. The highest BCUT2D eigenvalue weighted by Crippen LogP contribution is 2.28. The van der Waals surface area contributed by atoms with Crippen molar-refractivity contribution < 1.29 is 19.1 Å². The molecule has 0 aromatic heterocycles. The molecule has 1 heterocycles. The summed E-state index contributed by atoms with van der Waals surface area (Å²) >= 11 is 0. The van der Waals surface area contributed by atoms with Crippen LogP contribution in [0, 0.1) is 5.92 Å². The van der Waals surface area contributed by atoms with Crippen molar-refractivity contribution >= 4 is 29.2 Å². The first-order valence-corrected chi connectivity index (χ1v) is 10.8. The number of hydrogen-bond acceptors (Lipinski definition) is 4. The van der Waals surface area contributed by atoms with Crippen LogP contribution in [0.2, 0.25) is 0 Å². The SMILES string of the molecule is COc1cc(NC(=O)NC2CCN(C(=O)C3CCCCC3)CC2)ccc1NC(C)=O. The molecule has 0 spiro atoms. The van der Waals surface area contributed by atoms with E-state index < -0.39 is 0 Å². The van der Waals surface area contributed by atoms with Crippen LogP contribution in [0.1, 0.15) is 51.9 Å². The molecule has 2 fully saturated rings. The van der Waals surface area contributed by atoms with Crippen molar-refractivity contribution in [1.29, 1.82) is 0 Å². The number of anilines is 2. The molecule has 1 aromatic rings. The van der Waals surface area contributed by atoms with Gasteiger partial charge in [0.05, 0.1) is 12.8 Å². The van der Waals surface area contributed by atoms with Gasteiger partial charge < -0.3 is 25.6 Å². The fourth-order valence-corrected chi connectivity index (χ4v) is 4.27. The summed E-state index contributed by atoms with van der Waals surface area (Å²) < 4.78 is 5.28. The van der Waals surface area contributed by atoms with Crippen LogP contribution in [0.5, 0.6) is 5.75 Å². The number of benzene rings is 1. The normalized spacial score (nSPS) is 17.9. The highest BCUT2D eigenvalue weighted by Gasteiger charge is 2.29. The van der Waals surface area contributed by atoms with Gasteiger partial charge in [-0.25, -0.2) is 4.79 Å². The van der Waals surface area contributed by atoms with E-state index in [0.29, 0.717) is 36.1 Å². The highest BCUT2D eigenvalue weighted by atomic mass is 16.5. The molecule has 1 aromatic carbocycles. The number of nitrogens with one attached hydrogen (secondary N) is 3. The molecule has 4 amide bonds. The molecule has 0 bridgehead atoms. The van der Waals surface area contributed by atoms with Gasteiger partial charge in [-0.05, 0) is 37.8 Å². The van der Waals surface area contributed by atoms with E-state index in [-0.39, 0.29) is 23.9 Å². The lowest BCUT2D eigenvalue weighted by atomic mass is 9.87. The summed E-state index contributed by atoms with van der Waals surface area (Å²) in [6.07, 6.45) is 7.11. The topological polar surface area (TPSA) is 99.8 Å². The smallest absolute Gasteiger partial charge is 0.319 e. The first-order valence-electron chi connectivity index (χ1n) is 10.8. The number of piperidine rings is 1. The molecule has 1 aliphatic heterocycles. The molecule has 164 valence electrons. The van der Waals surface area contributed by atoms with Crippen molar-refractivity contribution in [2.75, 3.05) is 30.8 Å². The molecule has 0 radical (unpaired) electrons. The Morgan fingerprint density at radius 1 is 1.00 bits per heavy atom. The lowest BCUT2D eigenvalue weighted by Gasteiger charge is -2.35. The van der Waals surface area contributed by atoms with Gasteiger partial charge in [-0.15, -0.1) is 0 Å². The average molecular weight is 417 g/mol. The Hall–Kier alpha value is -2.77. The largest absolute Gasteiger partial charge is 0.494 e. The van der Waals surface area contributed by atoms with E-state index in [0.717, 1.165) is 38.5 Å². The number of rotatable bonds is 5. The van der Waals surface area contributed by atoms with Crippen LogP contribution in [0.15, 0.2) is 18.2 Å². The number of amides is 4. The fraction of sp³-hybridized carbons (Fsp3) is 0.591. The van der Waals surface area contributed by atoms with Gasteiger partial charge in [0.15, 0.2) is 0 Å². The van der Waals surface area contributed by atoms with Crippen LogP contribution < -0.4 is 20.7 Å². The number of carbonyl (C=O) groups excluding carboxylic acids is 3. The monoisotopic (exact) mass is 416 g/mol.